The van der Waals surface area contributed by atoms with Crippen LogP contribution in [0.2, 0.25) is 10.0 Å². The van der Waals surface area contributed by atoms with Gasteiger partial charge in [0.2, 0.25) is 5.88 Å². The van der Waals surface area contributed by atoms with Crippen LogP contribution in [0, 0.1) is 11.3 Å². The highest BCUT2D eigenvalue weighted by molar-refractivity contribution is 6.35. The highest BCUT2D eigenvalue weighted by Crippen LogP contribution is 2.47. The molecule has 1 aliphatic heterocycles. The Bertz CT molecular complexity index is 1050. The first-order valence-corrected chi connectivity index (χ1v) is 7.98. The highest BCUT2D eigenvalue weighted by atomic mass is 35.5. The summed E-state index contributed by atoms with van der Waals surface area (Å²) in [5, 5.41) is 11.5. The monoisotopic (exact) mass is 355 g/mol. The highest BCUT2D eigenvalue weighted by Gasteiger charge is 2.33. The van der Waals surface area contributed by atoms with Gasteiger partial charge in [0.15, 0.2) is 5.75 Å². The summed E-state index contributed by atoms with van der Waals surface area (Å²) in [4.78, 5) is 3.23. The van der Waals surface area contributed by atoms with Crippen LogP contribution >= 0.6 is 23.2 Å². The van der Waals surface area contributed by atoms with E-state index < -0.39 is 5.92 Å². The maximum atomic E-state index is 9.62. The second kappa shape index (κ2) is 5.48. The number of nitrogens with two attached hydrogens (primary N) is 1. The fourth-order valence-electron chi connectivity index (χ4n) is 3.14. The number of aromatic nitrogens is 1. The lowest BCUT2D eigenvalue weighted by Gasteiger charge is -2.27. The van der Waals surface area contributed by atoms with Crippen molar-refractivity contribution in [2.45, 2.75) is 5.92 Å². The van der Waals surface area contributed by atoms with E-state index >= 15 is 0 Å². The Kier molecular flexibility index (Phi) is 3.42. The molecular formula is C18H11Cl2N3O. The van der Waals surface area contributed by atoms with Crippen molar-refractivity contribution in [1.82, 2.24) is 4.98 Å². The van der Waals surface area contributed by atoms with E-state index in [0.29, 0.717) is 21.4 Å². The van der Waals surface area contributed by atoms with Gasteiger partial charge in [-0.25, -0.2) is 0 Å². The first-order valence-electron chi connectivity index (χ1n) is 7.22. The summed E-state index contributed by atoms with van der Waals surface area (Å²) < 4.78 is 5.60. The van der Waals surface area contributed by atoms with Gasteiger partial charge in [0.1, 0.15) is 11.6 Å². The fourth-order valence-corrected chi connectivity index (χ4v) is 3.69. The van der Waals surface area contributed by atoms with Gasteiger partial charge in [0.05, 0.1) is 10.9 Å². The third kappa shape index (κ3) is 2.14. The maximum absolute atomic E-state index is 9.62. The molecule has 4 nitrogen and oxygen atoms in total. The van der Waals surface area contributed by atoms with Crippen molar-refractivity contribution in [3.05, 3.63) is 75.2 Å². The third-order valence-electron chi connectivity index (χ3n) is 4.17. The van der Waals surface area contributed by atoms with Crippen LogP contribution in [0.4, 0.5) is 0 Å². The van der Waals surface area contributed by atoms with Gasteiger partial charge in [-0.2, -0.15) is 5.26 Å². The van der Waals surface area contributed by atoms with Crippen LogP contribution in [0.5, 0.6) is 5.75 Å². The van der Waals surface area contributed by atoms with Gasteiger partial charge < -0.3 is 15.5 Å². The number of benzene rings is 2. The summed E-state index contributed by atoms with van der Waals surface area (Å²) in [5.41, 5.74) is 8.95. The molecule has 2 aromatic carbocycles. The molecular weight excluding hydrogens is 345 g/mol. The molecule has 1 aromatic heterocycles. The number of para-hydroxylation sites is 1. The number of fused-ring (bicyclic) bond motifs is 2. The lowest BCUT2D eigenvalue weighted by atomic mass is 9.83. The molecule has 0 saturated heterocycles. The predicted octanol–water partition coefficient (Wildman–Crippen LogP) is 4.69. The van der Waals surface area contributed by atoms with Gasteiger partial charge in [-0.1, -0.05) is 41.4 Å². The van der Waals surface area contributed by atoms with Crippen LogP contribution in [0.3, 0.4) is 0 Å². The first-order chi connectivity index (χ1) is 11.6. The van der Waals surface area contributed by atoms with Gasteiger partial charge >= 0.3 is 0 Å². The van der Waals surface area contributed by atoms with Crippen LogP contribution in [-0.4, -0.2) is 4.98 Å². The minimum absolute atomic E-state index is 0.0597. The molecule has 2 heterocycles. The van der Waals surface area contributed by atoms with Crippen LogP contribution < -0.4 is 10.5 Å². The first kappa shape index (κ1) is 14.9. The second-order valence-corrected chi connectivity index (χ2v) is 6.36. The number of H-pyrrole nitrogens is 1. The number of aromatic amines is 1. The zero-order valence-electron chi connectivity index (χ0n) is 12.3. The number of rotatable bonds is 1. The Morgan fingerprint density at radius 3 is 2.75 bits per heavy atom. The summed E-state index contributed by atoms with van der Waals surface area (Å²) in [6.07, 6.45) is 1.88. The van der Waals surface area contributed by atoms with E-state index in [1.54, 1.807) is 12.1 Å². The number of nitrogens with zero attached hydrogens (tertiary/aromatic N) is 1. The van der Waals surface area contributed by atoms with E-state index in [9.17, 15) is 5.26 Å². The van der Waals surface area contributed by atoms with Crippen LogP contribution in [-0.2, 0) is 0 Å². The minimum Gasteiger partial charge on any atom is -0.439 e. The van der Waals surface area contributed by atoms with Crippen LogP contribution in [0.25, 0.3) is 10.9 Å². The minimum atomic E-state index is -0.397. The average Bonchev–Trinajstić information content (AvgIpc) is 2.98. The van der Waals surface area contributed by atoms with E-state index in [1.165, 1.54) is 0 Å². The number of ether oxygens (including phenoxy) is 1. The molecule has 118 valence electrons. The molecule has 0 radical (unpaired) electrons. The molecule has 0 fully saturated rings. The van der Waals surface area contributed by atoms with E-state index in [-0.39, 0.29) is 5.88 Å². The van der Waals surface area contributed by atoms with Crippen molar-refractivity contribution in [1.29, 1.82) is 5.26 Å². The molecule has 1 atom stereocenters. The molecule has 1 aliphatic rings. The average molecular weight is 356 g/mol. The van der Waals surface area contributed by atoms with Gasteiger partial charge in [-0.15, -0.1) is 0 Å². The molecule has 0 amide bonds. The third-order valence-corrected chi connectivity index (χ3v) is 4.67. The summed E-state index contributed by atoms with van der Waals surface area (Å²) >= 11 is 12.4. The van der Waals surface area contributed by atoms with E-state index in [4.69, 9.17) is 33.7 Å². The summed E-state index contributed by atoms with van der Waals surface area (Å²) in [6, 6.07) is 13.4. The van der Waals surface area contributed by atoms with Crippen LogP contribution in [0.15, 0.2) is 54.1 Å². The van der Waals surface area contributed by atoms with E-state index in [2.05, 4.69) is 11.1 Å². The Hall–Kier alpha value is -2.61. The zero-order valence-corrected chi connectivity index (χ0v) is 13.8. The predicted molar refractivity (Wildman–Crippen MR) is 94.1 cm³/mol. The Labute approximate surface area is 148 Å². The summed E-state index contributed by atoms with van der Waals surface area (Å²) in [5.74, 6) is 0.100. The maximum Gasteiger partial charge on any atom is 0.205 e. The van der Waals surface area contributed by atoms with Crippen molar-refractivity contribution < 1.29 is 4.74 Å². The molecule has 6 heteroatoms. The molecule has 1 unspecified atom stereocenters. The molecule has 24 heavy (non-hydrogen) atoms. The lowest BCUT2D eigenvalue weighted by Crippen LogP contribution is -2.21. The number of allylic oxidation sites excluding steroid dienone is 1. The SMILES string of the molecule is N#CC1=C(N)Oc2c(Cl)cc(Cl)cc2C1c1c[nH]c2ccccc12. The van der Waals surface area contributed by atoms with Gasteiger partial charge in [-0.3, -0.25) is 0 Å². The summed E-state index contributed by atoms with van der Waals surface area (Å²) in [7, 11) is 0. The molecule has 3 aromatic rings. The van der Waals surface area contributed by atoms with Gasteiger partial charge in [-0.05, 0) is 23.8 Å². The van der Waals surface area contributed by atoms with Gasteiger partial charge in [0, 0.05) is 27.7 Å². The number of halogens is 2. The van der Waals surface area contributed by atoms with Crippen molar-refractivity contribution >= 4 is 34.1 Å². The smallest absolute Gasteiger partial charge is 0.205 e. The standard InChI is InChI=1S/C18H11Cl2N3O/c19-9-5-11-16(13-8-23-15-4-2-1-3-10(13)15)12(7-21)18(22)24-17(11)14(20)6-9/h1-6,8,16,23H,22H2. The largest absolute Gasteiger partial charge is 0.439 e. The number of hydrogen-bond donors (Lipinski definition) is 2. The Balaban J connectivity index is 2.05. The second-order valence-electron chi connectivity index (χ2n) is 5.52. The number of hydrogen-bond acceptors (Lipinski definition) is 3. The normalized spacial score (nSPS) is 16.6. The van der Waals surface area contributed by atoms with Crippen LogP contribution in [0.1, 0.15) is 17.0 Å². The topological polar surface area (TPSA) is 74.8 Å². The fraction of sp³-hybridized carbons (Fsp3) is 0.0556. The zero-order chi connectivity index (χ0) is 16.8. The molecule has 3 N–H and O–H groups in total. The van der Waals surface area contributed by atoms with Crippen molar-refractivity contribution in [3.8, 4) is 11.8 Å². The molecule has 0 bridgehead atoms. The van der Waals surface area contributed by atoms with Crippen molar-refractivity contribution in [2.24, 2.45) is 5.73 Å². The quantitative estimate of drug-likeness (QED) is 0.664. The molecule has 0 spiro atoms. The Morgan fingerprint density at radius 1 is 1.17 bits per heavy atom. The molecule has 4 rings (SSSR count). The lowest BCUT2D eigenvalue weighted by molar-refractivity contribution is 0.394. The molecule has 0 saturated carbocycles. The summed E-state index contributed by atoms with van der Waals surface area (Å²) in [6.45, 7) is 0. The number of nitrogens with one attached hydrogen (secondary N) is 1. The number of nitriles is 1. The van der Waals surface area contributed by atoms with Gasteiger partial charge in [0.25, 0.3) is 0 Å². The Morgan fingerprint density at radius 2 is 1.96 bits per heavy atom. The van der Waals surface area contributed by atoms with E-state index in [1.807, 2.05) is 30.5 Å². The van der Waals surface area contributed by atoms with E-state index in [0.717, 1.165) is 22.0 Å². The molecule has 0 aliphatic carbocycles. The van der Waals surface area contributed by atoms with Crippen molar-refractivity contribution in [2.75, 3.05) is 0 Å². The van der Waals surface area contributed by atoms with Crippen molar-refractivity contribution in [3.63, 3.8) is 0 Å².